The van der Waals surface area contributed by atoms with Gasteiger partial charge in [0.1, 0.15) is 0 Å². The molecule has 0 bridgehead atoms. The van der Waals surface area contributed by atoms with Gasteiger partial charge in [-0.15, -0.1) is 0 Å². The molecule has 0 fully saturated rings. The van der Waals surface area contributed by atoms with E-state index in [2.05, 4.69) is 24.4 Å². The molecule has 0 aromatic carbocycles. The molecule has 0 heterocycles. The molecule has 0 aliphatic carbocycles. The van der Waals surface area contributed by atoms with E-state index in [1.807, 2.05) is 0 Å². The molecular formula is C6H15Cl2NOTi. The summed E-state index contributed by atoms with van der Waals surface area (Å²) >= 11 is -0.232. The summed E-state index contributed by atoms with van der Waals surface area (Å²) in [5.74, 6) is 0. The molecule has 0 amide bonds. The largest absolute Gasteiger partial charge is 1.00 e. The summed E-state index contributed by atoms with van der Waals surface area (Å²) in [5.41, 5.74) is 0. The second kappa shape index (κ2) is 13.8. The van der Waals surface area contributed by atoms with Gasteiger partial charge in [0.05, 0.1) is 0 Å². The summed E-state index contributed by atoms with van der Waals surface area (Å²) in [6.07, 6.45) is 2.44. The van der Waals surface area contributed by atoms with Crippen LogP contribution < -0.4 is 24.8 Å². The Morgan fingerprint density at radius 3 is 2.18 bits per heavy atom. The van der Waals surface area contributed by atoms with Crippen LogP contribution in [0.1, 0.15) is 19.8 Å². The fourth-order valence-corrected chi connectivity index (χ4v) is 1.16. The third kappa shape index (κ3) is 18.3. The van der Waals surface area contributed by atoms with Crippen molar-refractivity contribution in [2.75, 3.05) is 20.7 Å². The first-order chi connectivity index (χ1) is 4.27. The molecule has 0 unspecified atom stereocenters. The first-order valence-electron chi connectivity index (χ1n) is 3.32. The molecule has 0 aliphatic rings. The molecule has 0 atom stereocenters. The Bertz CT molecular complexity index is 66.5. The van der Waals surface area contributed by atoms with Gasteiger partial charge in [-0.3, -0.25) is 0 Å². The van der Waals surface area contributed by atoms with Crippen molar-refractivity contribution < 1.29 is 47.9 Å². The van der Waals surface area contributed by atoms with Crippen LogP contribution in [0.15, 0.2) is 0 Å². The second-order valence-electron chi connectivity index (χ2n) is 2.19. The van der Waals surface area contributed by atoms with Gasteiger partial charge in [0.25, 0.3) is 0 Å². The van der Waals surface area contributed by atoms with Gasteiger partial charge in [0, 0.05) is 0 Å². The molecule has 11 heavy (non-hydrogen) atoms. The third-order valence-corrected chi connectivity index (χ3v) is 1.94. The van der Waals surface area contributed by atoms with E-state index in [4.69, 9.17) is 3.32 Å². The van der Waals surface area contributed by atoms with Gasteiger partial charge in [-0.05, 0) is 0 Å². The molecule has 0 aromatic heterocycles. The van der Waals surface area contributed by atoms with Gasteiger partial charge < -0.3 is 24.8 Å². The van der Waals surface area contributed by atoms with Gasteiger partial charge >= 0.3 is 67.0 Å². The van der Waals surface area contributed by atoms with Crippen LogP contribution in [-0.2, 0) is 23.1 Å². The molecule has 0 saturated carbocycles. The Morgan fingerprint density at radius 1 is 1.27 bits per heavy atom. The van der Waals surface area contributed by atoms with Crippen molar-refractivity contribution in [3.8, 4) is 0 Å². The van der Waals surface area contributed by atoms with Crippen molar-refractivity contribution in [2.24, 2.45) is 0 Å². The molecule has 0 rings (SSSR count). The third-order valence-electron chi connectivity index (χ3n) is 0.847. The first kappa shape index (κ1) is 18.1. The minimum absolute atomic E-state index is 0. The number of unbranched alkanes of at least 4 members (excludes halogenated alkanes) is 1. The van der Waals surface area contributed by atoms with E-state index in [0.29, 0.717) is 0 Å². The van der Waals surface area contributed by atoms with Crippen LogP contribution in [0, 0.1) is 0 Å². The number of nitrogens with zero attached hydrogens (tertiary/aromatic N) is 1. The second-order valence-corrected chi connectivity index (χ2v) is 4.32. The van der Waals surface area contributed by atoms with E-state index < -0.39 is 0 Å². The Balaban J connectivity index is -0.000000320. The maximum absolute atomic E-state index is 5.39. The molecule has 0 N–H and O–H groups in total. The summed E-state index contributed by atoms with van der Waals surface area (Å²) in [6, 6.07) is 0. The molecule has 5 heteroatoms. The van der Waals surface area contributed by atoms with E-state index in [1.54, 1.807) is 0 Å². The van der Waals surface area contributed by atoms with Gasteiger partial charge in [-0.2, -0.15) is 0 Å². The van der Waals surface area contributed by atoms with Gasteiger partial charge in [0.15, 0.2) is 0 Å². The van der Waals surface area contributed by atoms with Gasteiger partial charge in [0.2, 0.25) is 0 Å². The van der Waals surface area contributed by atoms with E-state index in [1.165, 1.54) is 12.8 Å². The van der Waals surface area contributed by atoms with Crippen LogP contribution in [0.4, 0.5) is 0 Å². The van der Waals surface area contributed by atoms with Crippen molar-refractivity contribution >= 4 is 0 Å². The normalized spacial score (nSPS) is 8.00. The molecule has 0 saturated heterocycles. The molecular weight excluding hydrogens is 221 g/mol. The van der Waals surface area contributed by atoms with E-state index in [-0.39, 0.29) is 44.6 Å². The first-order valence-corrected chi connectivity index (χ1v) is 4.65. The molecule has 2 nitrogen and oxygen atoms in total. The summed E-state index contributed by atoms with van der Waals surface area (Å²) in [4.78, 5) is 0. The average molecular weight is 236 g/mol. The number of hydrogen-bond acceptors (Lipinski definition) is 2. The maximum Gasteiger partial charge on any atom is -1.00 e. The number of rotatable bonds is 5. The van der Waals surface area contributed by atoms with E-state index in [9.17, 15) is 0 Å². The molecule has 0 radical (unpaired) electrons. The smallest absolute Gasteiger partial charge is 1.00 e. The molecule has 68 valence electrons. The van der Waals surface area contributed by atoms with E-state index in [0.717, 1.165) is 6.61 Å². The van der Waals surface area contributed by atoms with Crippen LogP contribution >= 0.6 is 0 Å². The standard InChI is InChI=1S/C4H9O.C2H6N.2ClH.Ti/c1-2-3-4-5;1-3-2;;;/h2-4H2,1H3;1-2H3;2*1H;/q2*-1;;;+4/p-2. The zero-order chi connectivity index (χ0) is 7.11. The summed E-state index contributed by atoms with van der Waals surface area (Å²) in [6.45, 7) is 3.13. The van der Waals surface area contributed by atoms with Gasteiger partial charge in [-0.1, -0.05) is 0 Å². The molecule has 0 aliphatic heterocycles. The summed E-state index contributed by atoms with van der Waals surface area (Å²) in [7, 11) is 4.12. The predicted molar refractivity (Wildman–Crippen MR) is 34.5 cm³/mol. The Kier molecular flexibility index (Phi) is 22.7. The van der Waals surface area contributed by atoms with Crippen molar-refractivity contribution in [2.45, 2.75) is 19.8 Å². The molecule has 0 aromatic rings. The Hall–Kier alpha value is 1.21. The maximum atomic E-state index is 5.39. The minimum Gasteiger partial charge on any atom is -1.00 e. The zero-order valence-electron chi connectivity index (χ0n) is 7.23. The van der Waals surface area contributed by atoms with Crippen molar-refractivity contribution in [3.63, 3.8) is 0 Å². The molecule has 0 spiro atoms. The fourth-order valence-electron chi connectivity index (χ4n) is 0.391. The summed E-state index contributed by atoms with van der Waals surface area (Å²) < 4.78 is 7.53. The predicted octanol–water partition coefficient (Wildman–Crippen LogP) is -4.71. The minimum atomic E-state index is -0.232. The summed E-state index contributed by atoms with van der Waals surface area (Å²) in [5, 5.41) is 0. The Labute approximate surface area is 91.6 Å². The van der Waals surface area contributed by atoms with Crippen LogP contribution in [0.2, 0.25) is 0 Å². The van der Waals surface area contributed by atoms with Crippen molar-refractivity contribution in [3.05, 3.63) is 0 Å². The monoisotopic (exact) mass is 235 g/mol. The van der Waals surface area contributed by atoms with Crippen molar-refractivity contribution in [1.82, 2.24) is 3.38 Å². The number of hydrogen-bond donors (Lipinski definition) is 0. The van der Waals surface area contributed by atoms with E-state index >= 15 is 0 Å². The van der Waals surface area contributed by atoms with Crippen LogP contribution in [-0.4, -0.2) is 24.1 Å². The van der Waals surface area contributed by atoms with Crippen LogP contribution in [0.3, 0.4) is 0 Å². The fraction of sp³-hybridized carbons (Fsp3) is 1.00. The van der Waals surface area contributed by atoms with Crippen molar-refractivity contribution in [1.29, 1.82) is 0 Å². The Morgan fingerprint density at radius 2 is 1.82 bits per heavy atom. The zero-order valence-corrected chi connectivity index (χ0v) is 10.3. The SMILES string of the molecule is CCCC[O][Ti+2][N](C)C.[Cl-].[Cl-]. The number of halogens is 2. The average Bonchev–Trinajstić information content (AvgIpc) is 1.80. The quantitative estimate of drug-likeness (QED) is 0.351. The topological polar surface area (TPSA) is 12.5 Å². The van der Waals surface area contributed by atoms with Crippen LogP contribution in [0.25, 0.3) is 0 Å². The van der Waals surface area contributed by atoms with Crippen LogP contribution in [0.5, 0.6) is 0 Å². The van der Waals surface area contributed by atoms with Gasteiger partial charge in [-0.25, -0.2) is 0 Å².